The molecule has 0 aliphatic carbocycles. The Bertz CT molecular complexity index is 2980. The first-order valence-electron chi connectivity index (χ1n) is 17.2. The van der Waals surface area contributed by atoms with Gasteiger partial charge in [-0.1, -0.05) is 36.4 Å². The monoisotopic (exact) mass is 876 g/mol. The van der Waals surface area contributed by atoms with E-state index in [1.807, 2.05) is 6.92 Å². The average Bonchev–Trinajstić information content (AvgIpc) is 3.11. The summed E-state index contributed by atoms with van der Waals surface area (Å²) in [5.74, 6) is 0. The van der Waals surface area contributed by atoms with Crippen molar-refractivity contribution in [3.05, 3.63) is 126 Å². The van der Waals surface area contributed by atoms with Gasteiger partial charge in [-0.15, -0.1) is 0 Å². The molecule has 0 amide bonds. The number of anilines is 6. The van der Waals surface area contributed by atoms with Gasteiger partial charge in [0.25, 0.3) is 30.4 Å². The first-order chi connectivity index (χ1) is 27.4. The molecule has 0 aromatic heterocycles. The van der Waals surface area contributed by atoms with E-state index in [1.54, 1.807) is 92.7 Å². The minimum absolute atomic E-state index is 0.135. The van der Waals surface area contributed by atoms with E-state index in [1.165, 1.54) is 30.3 Å². The largest absolute Gasteiger partial charge is 0.399 e. The molecule has 0 spiro atoms. The smallest absolute Gasteiger partial charge is 0.295 e. The third-order valence-electron chi connectivity index (χ3n) is 8.94. The lowest BCUT2D eigenvalue weighted by atomic mass is 9.99. The molecule has 0 atom stereocenters. The van der Waals surface area contributed by atoms with E-state index in [4.69, 9.17) is 35.2 Å². The highest BCUT2D eigenvalue weighted by atomic mass is 32.2. The van der Waals surface area contributed by atoms with Crippen LogP contribution in [0.5, 0.6) is 0 Å². The van der Waals surface area contributed by atoms with Gasteiger partial charge in [-0.3, -0.25) is 13.7 Å². The minimum atomic E-state index is -4.58. The zero-order chi connectivity index (χ0) is 43.6. The van der Waals surface area contributed by atoms with E-state index in [0.29, 0.717) is 56.1 Å². The Labute approximate surface area is 347 Å². The van der Waals surface area contributed by atoms with Gasteiger partial charge in [0.15, 0.2) is 5.11 Å². The third-order valence-corrected chi connectivity index (χ3v) is 11.8. The van der Waals surface area contributed by atoms with Gasteiger partial charge in [-0.2, -0.15) is 25.3 Å². The Hall–Kier alpha value is -6.06. The van der Waals surface area contributed by atoms with Crippen molar-refractivity contribution >= 4 is 81.8 Å². The number of nitrogen functional groups attached to an aromatic ring is 4. The molecule has 0 unspecified atom stereocenters. The zero-order valence-corrected chi connectivity index (χ0v) is 34.9. The second-order valence-electron chi connectivity index (χ2n) is 13.4. The quantitative estimate of drug-likeness (QED) is 0.0416. The third kappa shape index (κ3) is 10.7. The second-order valence-corrected chi connectivity index (χ2v) is 18.0. The van der Waals surface area contributed by atoms with Crippen molar-refractivity contribution in [1.29, 1.82) is 0 Å². The fraction of sp³-hybridized carbons (Fsp3) is 0.0750. The van der Waals surface area contributed by atoms with Crippen LogP contribution in [-0.2, 0) is 30.4 Å². The Morgan fingerprint density at radius 1 is 0.424 bits per heavy atom. The van der Waals surface area contributed by atoms with Crippen LogP contribution in [0, 0.1) is 20.8 Å². The Morgan fingerprint density at radius 2 is 0.695 bits per heavy atom. The van der Waals surface area contributed by atoms with Crippen LogP contribution in [0.2, 0.25) is 0 Å². The number of hydrogen-bond acceptors (Lipinski definition) is 11. The molecule has 15 nitrogen and oxygen atoms in total. The fourth-order valence-corrected chi connectivity index (χ4v) is 8.75. The van der Waals surface area contributed by atoms with Crippen LogP contribution in [0.25, 0.3) is 33.4 Å². The van der Waals surface area contributed by atoms with Crippen molar-refractivity contribution in [3.8, 4) is 33.4 Å². The molecule has 59 heavy (non-hydrogen) atoms. The lowest BCUT2D eigenvalue weighted by Gasteiger charge is -2.16. The summed E-state index contributed by atoms with van der Waals surface area (Å²) in [5.41, 5.74) is 30.3. The molecule has 0 heterocycles. The summed E-state index contributed by atoms with van der Waals surface area (Å²) in [4.78, 5) is -0.812. The maximum absolute atomic E-state index is 12.2. The Balaban J connectivity index is 0.000000290. The van der Waals surface area contributed by atoms with Gasteiger partial charge in [-0.05, 0) is 139 Å². The molecule has 19 heteroatoms. The van der Waals surface area contributed by atoms with Gasteiger partial charge in [0, 0.05) is 50.8 Å². The molecule has 6 rings (SSSR count). The van der Waals surface area contributed by atoms with Gasteiger partial charge >= 0.3 is 0 Å². The molecule has 0 aliphatic rings. The van der Waals surface area contributed by atoms with E-state index in [-0.39, 0.29) is 36.7 Å². The zero-order valence-electron chi connectivity index (χ0n) is 31.6. The highest BCUT2D eigenvalue weighted by Gasteiger charge is 2.21. The van der Waals surface area contributed by atoms with E-state index in [2.05, 4.69) is 10.6 Å². The summed E-state index contributed by atoms with van der Waals surface area (Å²) in [6.45, 7) is 5.36. The molecule has 0 bridgehead atoms. The van der Waals surface area contributed by atoms with Crippen LogP contribution in [0.1, 0.15) is 16.7 Å². The predicted octanol–water partition coefficient (Wildman–Crippen LogP) is 7.18. The van der Waals surface area contributed by atoms with E-state index < -0.39 is 30.4 Å². The molecule has 0 radical (unpaired) electrons. The number of aryl methyl sites for hydroxylation is 3. The van der Waals surface area contributed by atoms with Gasteiger partial charge in [0.05, 0.1) is 0 Å². The lowest BCUT2D eigenvalue weighted by molar-refractivity contribution is 0.481. The summed E-state index contributed by atoms with van der Waals surface area (Å²) >= 11 is 5.40. The molecule has 13 N–H and O–H groups in total. The number of hydrogen-bond donors (Lipinski definition) is 9. The van der Waals surface area contributed by atoms with Gasteiger partial charge in [0.1, 0.15) is 14.7 Å². The van der Waals surface area contributed by atoms with Crippen LogP contribution >= 0.6 is 12.2 Å². The number of nitrogens with one attached hydrogen (secondary N) is 2. The molecule has 0 fully saturated rings. The van der Waals surface area contributed by atoms with Gasteiger partial charge in [-0.25, -0.2) is 0 Å². The predicted molar refractivity (Wildman–Crippen MR) is 237 cm³/mol. The van der Waals surface area contributed by atoms with Crippen LogP contribution < -0.4 is 33.6 Å². The normalized spacial score (nSPS) is 11.6. The van der Waals surface area contributed by atoms with Crippen molar-refractivity contribution in [2.75, 3.05) is 33.6 Å². The van der Waals surface area contributed by atoms with Crippen molar-refractivity contribution < 1.29 is 38.9 Å². The van der Waals surface area contributed by atoms with Crippen LogP contribution in [0.15, 0.2) is 124 Å². The first kappa shape index (κ1) is 44.1. The van der Waals surface area contributed by atoms with E-state index in [0.717, 1.165) is 11.1 Å². The highest BCUT2D eigenvalue weighted by molar-refractivity contribution is 7.86. The fourth-order valence-electron chi connectivity index (χ4n) is 6.30. The summed E-state index contributed by atoms with van der Waals surface area (Å²) in [7, 11) is -13.4. The Kier molecular flexibility index (Phi) is 12.7. The molecular formula is C40H40N6O9S4. The molecule has 308 valence electrons. The SMILES string of the molecule is Cc1cc(N)ccc1-c1ccc(N)cc1S(=O)(=O)O.Cc1cc(NC(=S)Nc2ccc(-c3ccc(N)cc3C)c(S(=O)(=O)O)c2)ccc1-c1ccc(N)cc1S(=O)(=O)O. The van der Waals surface area contributed by atoms with Crippen molar-refractivity contribution in [2.24, 2.45) is 0 Å². The van der Waals surface area contributed by atoms with Crippen molar-refractivity contribution in [3.63, 3.8) is 0 Å². The molecule has 0 saturated heterocycles. The standard InChI is InChI=1S/C27H26N4O6S3.C13H14N2O3S/c1-15-11-17(28)3-7-21(15)24-10-6-20(14-26(24)40(35,36)37)31-27(38)30-19-5-9-22(16(2)12-19)23-8-4-18(29)13-25(23)39(32,33)34;1-8-6-9(14)2-4-11(8)12-5-3-10(15)7-13(12)19(16,17)18/h3-14H,28-29H2,1-2H3,(H2,30,31,38)(H,32,33,34)(H,35,36,37);2-7H,14-15H2,1H3,(H,16,17,18). The number of thiocarbonyl (C=S) groups is 1. The molecule has 0 aliphatic heterocycles. The molecular weight excluding hydrogens is 837 g/mol. The van der Waals surface area contributed by atoms with Gasteiger partial charge < -0.3 is 33.6 Å². The van der Waals surface area contributed by atoms with Crippen molar-refractivity contribution in [1.82, 2.24) is 0 Å². The number of nitrogens with two attached hydrogens (primary N) is 4. The van der Waals surface area contributed by atoms with E-state index >= 15 is 0 Å². The van der Waals surface area contributed by atoms with Crippen LogP contribution in [-0.4, -0.2) is 44.0 Å². The molecule has 6 aromatic rings. The first-order valence-corrected chi connectivity index (χ1v) is 21.9. The van der Waals surface area contributed by atoms with Crippen molar-refractivity contribution in [2.45, 2.75) is 35.5 Å². The second kappa shape index (κ2) is 17.0. The lowest BCUT2D eigenvalue weighted by Crippen LogP contribution is -2.19. The average molecular weight is 877 g/mol. The topological polar surface area (TPSA) is 291 Å². The number of rotatable bonds is 8. The Morgan fingerprint density at radius 3 is 1.03 bits per heavy atom. The molecule has 0 saturated carbocycles. The summed E-state index contributed by atoms with van der Waals surface area (Å²) in [6, 6.07) is 28.3. The van der Waals surface area contributed by atoms with E-state index in [9.17, 15) is 38.9 Å². The summed E-state index contributed by atoms with van der Waals surface area (Å²) in [5, 5.41) is 6.03. The minimum Gasteiger partial charge on any atom is -0.399 e. The van der Waals surface area contributed by atoms with Crippen LogP contribution in [0.3, 0.4) is 0 Å². The highest BCUT2D eigenvalue weighted by Crippen LogP contribution is 2.35. The summed E-state index contributed by atoms with van der Waals surface area (Å²) < 4.78 is 100.0. The maximum Gasteiger partial charge on any atom is 0.295 e. The maximum atomic E-state index is 12.2. The summed E-state index contributed by atoms with van der Waals surface area (Å²) in [6.07, 6.45) is 0. The van der Waals surface area contributed by atoms with Gasteiger partial charge in [0.2, 0.25) is 0 Å². The number of benzene rings is 6. The van der Waals surface area contributed by atoms with Crippen LogP contribution in [0.4, 0.5) is 34.1 Å². The molecule has 6 aromatic carbocycles.